The highest BCUT2D eigenvalue weighted by Gasteiger charge is 2.15. The summed E-state index contributed by atoms with van der Waals surface area (Å²) < 4.78 is 5.27. The Labute approximate surface area is 76.4 Å². The lowest BCUT2D eigenvalue weighted by atomic mass is 9.98. The van der Waals surface area contributed by atoms with Crippen LogP contribution in [0.2, 0.25) is 0 Å². The van der Waals surface area contributed by atoms with Crippen molar-refractivity contribution in [2.45, 2.75) is 5.92 Å². The van der Waals surface area contributed by atoms with Crippen LogP contribution in [0.3, 0.4) is 0 Å². The van der Waals surface area contributed by atoms with E-state index < -0.39 is 0 Å². The molecule has 0 spiro atoms. The minimum absolute atomic E-state index is 0.153. The van der Waals surface area contributed by atoms with Crippen LogP contribution in [-0.4, -0.2) is 4.86 Å². The van der Waals surface area contributed by atoms with Crippen LogP contribution in [-0.2, 0) is 0 Å². The highest BCUT2D eigenvalue weighted by atomic mass is 32.1. The molecule has 60 valence electrons. The van der Waals surface area contributed by atoms with E-state index in [0.29, 0.717) is 0 Å². The Hall–Kier alpha value is -1.15. The van der Waals surface area contributed by atoms with E-state index in [-0.39, 0.29) is 5.92 Å². The van der Waals surface area contributed by atoms with Crippen LogP contribution in [0.1, 0.15) is 11.7 Å². The van der Waals surface area contributed by atoms with Gasteiger partial charge in [-0.25, -0.2) is 0 Å². The molecule has 1 aliphatic carbocycles. The van der Waals surface area contributed by atoms with Crippen LogP contribution in [0, 0.1) is 0 Å². The predicted octanol–water partition coefficient (Wildman–Crippen LogP) is 2.86. The second kappa shape index (κ2) is 3.07. The van der Waals surface area contributed by atoms with Crippen LogP contribution >= 0.6 is 12.2 Å². The van der Waals surface area contributed by atoms with Gasteiger partial charge in [0.25, 0.3) is 0 Å². The summed E-state index contributed by atoms with van der Waals surface area (Å²) in [5, 5.41) is 0. The third-order valence-electron chi connectivity index (χ3n) is 1.83. The van der Waals surface area contributed by atoms with Gasteiger partial charge in [-0.2, -0.15) is 0 Å². The highest BCUT2D eigenvalue weighted by molar-refractivity contribution is 7.80. The van der Waals surface area contributed by atoms with E-state index in [1.54, 1.807) is 6.26 Å². The van der Waals surface area contributed by atoms with Crippen molar-refractivity contribution in [1.82, 2.24) is 0 Å². The number of allylic oxidation sites excluding steroid dienone is 4. The molecule has 1 heterocycles. The molecule has 0 N–H and O–H groups in total. The molecule has 2 rings (SSSR count). The lowest BCUT2D eigenvalue weighted by Crippen LogP contribution is -2.06. The molecule has 1 nitrogen and oxygen atoms in total. The Morgan fingerprint density at radius 1 is 1.33 bits per heavy atom. The first-order valence-corrected chi connectivity index (χ1v) is 4.21. The topological polar surface area (TPSA) is 13.1 Å². The highest BCUT2D eigenvalue weighted by Crippen LogP contribution is 2.22. The molecule has 0 saturated carbocycles. The fourth-order valence-electron chi connectivity index (χ4n) is 1.23. The van der Waals surface area contributed by atoms with Gasteiger partial charge in [0, 0.05) is 4.86 Å². The molecule has 0 aromatic carbocycles. The minimum Gasteiger partial charge on any atom is -0.468 e. The van der Waals surface area contributed by atoms with E-state index in [4.69, 9.17) is 16.6 Å². The molecule has 0 saturated heterocycles. The lowest BCUT2D eigenvalue weighted by molar-refractivity contribution is 0.515. The Balaban J connectivity index is 2.31. The van der Waals surface area contributed by atoms with Gasteiger partial charge in [0.05, 0.1) is 12.2 Å². The van der Waals surface area contributed by atoms with E-state index in [0.717, 1.165) is 10.6 Å². The number of furan rings is 1. The summed E-state index contributed by atoms with van der Waals surface area (Å²) in [4.78, 5) is 0.910. The number of thiocarbonyl (C=S) groups is 1. The van der Waals surface area contributed by atoms with Crippen molar-refractivity contribution in [1.29, 1.82) is 0 Å². The predicted molar refractivity (Wildman–Crippen MR) is 52.3 cm³/mol. The van der Waals surface area contributed by atoms with Crippen molar-refractivity contribution in [2.24, 2.45) is 0 Å². The molecule has 0 radical (unpaired) electrons. The summed E-state index contributed by atoms with van der Waals surface area (Å²) in [6.45, 7) is 0. The molecule has 12 heavy (non-hydrogen) atoms. The van der Waals surface area contributed by atoms with Crippen molar-refractivity contribution < 1.29 is 4.42 Å². The van der Waals surface area contributed by atoms with Gasteiger partial charge >= 0.3 is 0 Å². The molecule has 1 aromatic heterocycles. The summed E-state index contributed by atoms with van der Waals surface area (Å²) >= 11 is 5.18. The number of hydrogen-bond acceptors (Lipinski definition) is 2. The third kappa shape index (κ3) is 1.25. The number of hydrogen-bond donors (Lipinski definition) is 0. The molecule has 1 unspecified atom stereocenters. The van der Waals surface area contributed by atoms with Crippen molar-refractivity contribution in [2.75, 3.05) is 0 Å². The Kier molecular flexibility index (Phi) is 1.92. The van der Waals surface area contributed by atoms with Crippen LogP contribution in [0.4, 0.5) is 0 Å². The van der Waals surface area contributed by atoms with Crippen LogP contribution in [0.25, 0.3) is 0 Å². The molecule has 1 aromatic rings. The molecule has 2 heteroatoms. The van der Waals surface area contributed by atoms with Gasteiger partial charge in [0.2, 0.25) is 0 Å². The zero-order valence-corrected chi connectivity index (χ0v) is 7.25. The van der Waals surface area contributed by atoms with Crippen molar-refractivity contribution in [3.05, 3.63) is 48.5 Å². The maximum absolute atomic E-state index is 5.27. The van der Waals surface area contributed by atoms with Crippen LogP contribution in [0.15, 0.2) is 47.1 Å². The largest absolute Gasteiger partial charge is 0.468 e. The van der Waals surface area contributed by atoms with Gasteiger partial charge in [-0.05, 0) is 18.2 Å². The first kappa shape index (κ1) is 7.50. The zero-order valence-electron chi connectivity index (χ0n) is 6.44. The van der Waals surface area contributed by atoms with Gasteiger partial charge in [0.1, 0.15) is 5.76 Å². The molecule has 0 aliphatic heterocycles. The molecule has 0 amide bonds. The maximum Gasteiger partial charge on any atom is 0.115 e. The van der Waals surface area contributed by atoms with Crippen LogP contribution in [0.5, 0.6) is 0 Å². The first-order chi connectivity index (χ1) is 5.88. The monoisotopic (exact) mass is 176 g/mol. The van der Waals surface area contributed by atoms with Gasteiger partial charge in [-0.1, -0.05) is 30.4 Å². The second-order valence-corrected chi connectivity index (χ2v) is 3.11. The summed E-state index contributed by atoms with van der Waals surface area (Å²) in [6, 6.07) is 3.82. The zero-order chi connectivity index (χ0) is 8.39. The van der Waals surface area contributed by atoms with Gasteiger partial charge in [-0.3, -0.25) is 0 Å². The average molecular weight is 176 g/mol. The SMILES string of the molecule is S=C1C=CC=CC1c1ccco1. The minimum atomic E-state index is 0.153. The van der Waals surface area contributed by atoms with E-state index in [1.165, 1.54) is 0 Å². The normalized spacial score (nSPS) is 21.7. The Morgan fingerprint density at radius 2 is 2.25 bits per heavy atom. The summed E-state index contributed by atoms with van der Waals surface area (Å²) in [5.74, 6) is 1.07. The summed E-state index contributed by atoms with van der Waals surface area (Å²) in [5.41, 5.74) is 0. The van der Waals surface area contributed by atoms with Crippen molar-refractivity contribution in [3.8, 4) is 0 Å². The third-order valence-corrected chi connectivity index (χ3v) is 2.22. The quantitative estimate of drug-likeness (QED) is 0.610. The van der Waals surface area contributed by atoms with Gasteiger partial charge in [0.15, 0.2) is 0 Å². The Morgan fingerprint density at radius 3 is 2.92 bits per heavy atom. The lowest BCUT2D eigenvalue weighted by Gasteiger charge is -2.10. The molecular weight excluding hydrogens is 168 g/mol. The number of rotatable bonds is 1. The Bertz CT molecular complexity index is 333. The molecule has 0 fully saturated rings. The molecule has 1 aliphatic rings. The van der Waals surface area contributed by atoms with Gasteiger partial charge in [-0.15, -0.1) is 0 Å². The second-order valence-electron chi connectivity index (χ2n) is 2.64. The fraction of sp³-hybridized carbons (Fsp3) is 0.100. The van der Waals surface area contributed by atoms with Crippen molar-refractivity contribution >= 4 is 17.1 Å². The molecule has 0 bridgehead atoms. The summed E-state index contributed by atoms with van der Waals surface area (Å²) in [7, 11) is 0. The molecule has 1 atom stereocenters. The summed E-state index contributed by atoms with van der Waals surface area (Å²) in [6.07, 6.45) is 9.58. The first-order valence-electron chi connectivity index (χ1n) is 3.80. The van der Waals surface area contributed by atoms with E-state index in [2.05, 4.69) is 0 Å². The smallest absolute Gasteiger partial charge is 0.115 e. The standard InChI is InChI=1S/C10H8OS/c12-10-6-2-1-4-8(10)9-5-3-7-11-9/h1-8H. The van der Waals surface area contributed by atoms with E-state index in [1.807, 2.05) is 36.4 Å². The van der Waals surface area contributed by atoms with E-state index >= 15 is 0 Å². The van der Waals surface area contributed by atoms with Crippen LogP contribution < -0.4 is 0 Å². The fourth-order valence-corrected chi connectivity index (χ4v) is 1.50. The molecular formula is C10H8OS. The maximum atomic E-state index is 5.27. The van der Waals surface area contributed by atoms with Crippen molar-refractivity contribution in [3.63, 3.8) is 0 Å². The van der Waals surface area contributed by atoms with E-state index in [9.17, 15) is 0 Å². The average Bonchev–Trinajstić information content (AvgIpc) is 2.57. The van der Waals surface area contributed by atoms with Gasteiger partial charge < -0.3 is 4.42 Å².